The van der Waals surface area contributed by atoms with E-state index in [0.717, 1.165) is 44.5 Å². The van der Waals surface area contributed by atoms with Crippen LogP contribution in [0.5, 0.6) is 11.5 Å². The molecule has 0 aliphatic carbocycles. The maximum Gasteiger partial charge on any atom is 0.310 e. The molecular weight excluding hydrogens is 300 g/mol. The number of hydrogen-bond donors (Lipinski definition) is 1. The molecule has 0 aliphatic rings. The van der Waals surface area contributed by atoms with E-state index < -0.39 is 0 Å². The molecule has 0 saturated carbocycles. The van der Waals surface area contributed by atoms with Crippen LogP contribution in [-0.4, -0.2) is 11.1 Å². The predicted molar refractivity (Wildman–Crippen MR) is 97.9 cm³/mol. The summed E-state index contributed by atoms with van der Waals surface area (Å²) in [6, 6.07) is 3.66. The first-order valence-electron chi connectivity index (χ1n) is 8.30. The zero-order valence-corrected chi connectivity index (χ0v) is 15.6. The van der Waals surface area contributed by atoms with Crippen LogP contribution in [0.25, 0.3) is 11.1 Å². The fourth-order valence-electron chi connectivity index (χ4n) is 3.01. The largest absolute Gasteiger partial charge is 0.507 e. The van der Waals surface area contributed by atoms with Crippen LogP contribution in [0.15, 0.2) is 12.1 Å². The van der Waals surface area contributed by atoms with Crippen molar-refractivity contribution in [1.29, 1.82) is 0 Å². The smallest absolute Gasteiger partial charge is 0.310 e. The molecule has 1 N–H and O–H groups in total. The molecular formula is C21H26O3. The Hall–Kier alpha value is -2.29. The third kappa shape index (κ3) is 3.03. The lowest BCUT2D eigenvalue weighted by Gasteiger charge is -2.21. The number of phenols is 1. The minimum Gasteiger partial charge on any atom is -0.507 e. The molecule has 0 fully saturated rings. The van der Waals surface area contributed by atoms with Gasteiger partial charge in [-0.1, -0.05) is 6.92 Å². The summed E-state index contributed by atoms with van der Waals surface area (Å²) < 4.78 is 5.60. The molecule has 128 valence electrons. The second-order valence-electron chi connectivity index (χ2n) is 6.48. The van der Waals surface area contributed by atoms with Crippen molar-refractivity contribution in [1.82, 2.24) is 0 Å². The molecule has 2 aromatic carbocycles. The highest BCUT2D eigenvalue weighted by atomic mass is 16.5. The van der Waals surface area contributed by atoms with E-state index in [0.29, 0.717) is 12.2 Å². The van der Waals surface area contributed by atoms with Gasteiger partial charge in [0.25, 0.3) is 0 Å². The zero-order chi connectivity index (χ0) is 18.2. The van der Waals surface area contributed by atoms with Crippen molar-refractivity contribution in [2.45, 2.75) is 54.9 Å². The lowest BCUT2D eigenvalue weighted by molar-refractivity contribution is -0.133. The maximum atomic E-state index is 11.9. The molecule has 2 rings (SSSR count). The first-order valence-corrected chi connectivity index (χ1v) is 8.30. The average molecular weight is 326 g/mol. The highest BCUT2D eigenvalue weighted by Gasteiger charge is 2.21. The monoisotopic (exact) mass is 326 g/mol. The molecule has 0 aliphatic heterocycles. The van der Waals surface area contributed by atoms with Gasteiger partial charge in [-0.05, 0) is 87.1 Å². The van der Waals surface area contributed by atoms with Crippen molar-refractivity contribution < 1.29 is 14.6 Å². The molecule has 0 unspecified atom stereocenters. The molecule has 3 heteroatoms. The SMILES string of the molecule is CCC(=O)Oc1cc(C)c(C)c(C)c1-c1c(O)cc(C)c(C)c1C. The van der Waals surface area contributed by atoms with Gasteiger partial charge in [-0.3, -0.25) is 4.79 Å². The number of hydrogen-bond acceptors (Lipinski definition) is 3. The quantitative estimate of drug-likeness (QED) is 0.621. The molecule has 2 aromatic rings. The minimum absolute atomic E-state index is 0.218. The topological polar surface area (TPSA) is 46.5 Å². The summed E-state index contributed by atoms with van der Waals surface area (Å²) in [7, 11) is 0. The van der Waals surface area contributed by atoms with Crippen LogP contribution in [0.2, 0.25) is 0 Å². The Kier molecular flexibility index (Phi) is 5.02. The standard InChI is InChI=1S/C21H26O3/c1-8-19(23)24-18-10-12(3)14(5)16(7)21(18)20-15(6)13(4)11(2)9-17(20)22/h9-10,22H,8H2,1-7H3. The van der Waals surface area contributed by atoms with E-state index in [4.69, 9.17) is 4.74 Å². The van der Waals surface area contributed by atoms with E-state index in [1.54, 1.807) is 13.0 Å². The molecule has 3 nitrogen and oxygen atoms in total. The fraction of sp³-hybridized carbons (Fsp3) is 0.381. The van der Waals surface area contributed by atoms with Crippen LogP contribution in [0.1, 0.15) is 46.7 Å². The van der Waals surface area contributed by atoms with Gasteiger partial charge in [0.15, 0.2) is 0 Å². The Bertz CT molecular complexity index is 817. The predicted octanol–water partition coefficient (Wildman–Crippen LogP) is 5.23. The van der Waals surface area contributed by atoms with Gasteiger partial charge in [0.1, 0.15) is 11.5 Å². The van der Waals surface area contributed by atoms with E-state index >= 15 is 0 Å². The van der Waals surface area contributed by atoms with Crippen molar-refractivity contribution in [3.8, 4) is 22.6 Å². The number of phenolic OH excluding ortho intramolecular Hbond substituents is 1. The summed E-state index contributed by atoms with van der Waals surface area (Å²) in [6.07, 6.45) is 0.309. The van der Waals surface area contributed by atoms with Gasteiger partial charge < -0.3 is 9.84 Å². The van der Waals surface area contributed by atoms with Crippen LogP contribution < -0.4 is 4.74 Å². The van der Waals surface area contributed by atoms with E-state index in [-0.39, 0.29) is 11.7 Å². The zero-order valence-electron chi connectivity index (χ0n) is 15.6. The average Bonchev–Trinajstić information content (AvgIpc) is 2.53. The molecule has 0 spiro atoms. The Balaban J connectivity index is 2.86. The molecule has 0 radical (unpaired) electrons. The van der Waals surface area contributed by atoms with Crippen molar-refractivity contribution in [2.75, 3.05) is 0 Å². The number of aromatic hydroxyl groups is 1. The van der Waals surface area contributed by atoms with Crippen LogP contribution in [0.4, 0.5) is 0 Å². The Morgan fingerprint density at radius 3 is 1.92 bits per heavy atom. The van der Waals surface area contributed by atoms with Gasteiger partial charge in [0.2, 0.25) is 0 Å². The molecule has 0 bridgehead atoms. The van der Waals surface area contributed by atoms with Gasteiger partial charge in [0, 0.05) is 17.5 Å². The summed E-state index contributed by atoms with van der Waals surface area (Å²) in [5.74, 6) is 0.458. The van der Waals surface area contributed by atoms with Gasteiger partial charge in [-0.25, -0.2) is 0 Å². The molecule has 0 aromatic heterocycles. The summed E-state index contributed by atoms with van der Waals surface area (Å²) in [5, 5.41) is 10.6. The van der Waals surface area contributed by atoms with Crippen LogP contribution in [0, 0.1) is 41.5 Å². The Morgan fingerprint density at radius 1 is 0.875 bits per heavy atom. The lowest BCUT2D eigenvalue weighted by Crippen LogP contribution is -2.09. The Morgan fingerprint density at radius 2 is 1.38 bits per heavy atom. The number of esters is 1. The molecule has 0 saturated heterocycles. The van der Waals surface area contributed by atoms with Crippen molar-refractivity contribution in [2.24, 2.45) is 0 Å². The second-order valence-corrected chi connectivity index (χ2v) is 6.48. The number of carbonyl (C=O) groups excluding carboxylic acids is 1. The maximum absolute atomic E-state index is 11.9. The summed E-state index contributed by atoms with van der Waals surface area (Å²) in [4.78, 5) is 11.9. The third-order valence-corrected chi connectivity index (χ3v) is 5.02. The fourth-order valence-corrected chi connectivity index (χ4v) is 3.01. The van der Waals surface area contributed by atoms with Gasteiger partial charge in [0.05, 0.1) is 0 Å². The van der Waals surface area contributed by atoms with Gasteiger partial charge >= 0.3 is 5.97 Å². The lowest BCUT2D eigenvalue weighted by atomic mass is 9.87. The summed E-state index contributed by atoms with van der Waals surface area (Å²) in [6.45, 7) is 13.9. The minimum atomic E-state index is -0.278. The van der Waals surface area contributed by atoms with Crippen LogP contribution >= 0.6 is 0 Å². The summed E-state index contributed by atoms with van der Waals surface area (Å²) >= 11 is 0. The first-order chi connectivity index (χ1) is 11.2. The summed E-state index contributed by atoms with van der Waals surface area (Å²) in [5.41, 5.74) is 7.96. The highest BCUT2D eigenvalue weighted by molar-refractivity contribution is 5.86. The van der Waals surface area contributed by atoms with E-state index in [2.05, 4.69) is 0 Å². The van der Waals surface area contributed by atoms with E-state index in [9.17, 15) is 9.90 Å². The molecule has 0 atom stereocenters. The van der Waals surface area contributed by atoms with Crippen molar-refractivity contribution >= 4 is 5.97 Å². The van der Waals surface area contributed by atoms with E-state index in [1.165, 1.54) is 0 Å². The molecule has 24 heavy (non-hydrogen) atoms. The highest BCUT2D eigenvalue weighted by Crippen LogP contribution is 2.44. The van der Waals surface area contributed by atoms with Crippen LogP contribution in [-0.2, 0) is 4.79 Å². The molecule has 0 amide bonds. The van der Waals surface area contributed by atoms with Gasteiger partial charge in [-0.2, -0.15) is 0 Å². The number of carbonyl (C=O) groups is 1. The Labute approximate surface area is 144 Å². The molecule has 0 heterocycles. The number of aryl methyl sites for hydroxylation is 2. The van der Waals surface area contributed by atoms with Gasteiger partial charge in [-0.15, -0.1) is 0 Å². The first kappa shape index (κ1) is 18.1. The van der Waals surface area contributed by atoms with E-state index in [1.807, 2.05) is 47.6 Å². The van der Waals surface area contributed by atoms with Crippen molar-refractivity contribution in [3.63, 3.8) is 0 Å². The van der Waals surface area contributed by atoms with Crippen LogP contribution in [0.3, 0.4) is 0 Å². The number of rotatable bonds is 3. The second kappa shape index (κ2) is 6.68. The number of benzene rings is 2. The normalized spacial score (nSPS) is 10.8. The third-order valence-electron chi connectivity index (χ3n) is 5.02. The number of ether oxygens (including phenoxy) is 1. The van der Waals surface area contributed by atoms with Crippen molar-refractivity contribution in [3.05, 3.63) is 45.5 Å².